The van der Waals surface area contributed by atoms with Crippen LogP contribution in [0.25, 0.3) is 21.8 Å². The van der Waals surface area contributed by atoms with Crippen LogP contribution >= 0.6 is 0 Å². The van der Waals surface area contributed by atoms with Crippen molar-refractivity contribution < 1.29 is 14.3 Å². The fourth-order valence-electron chi connectivity index (χ4n) is 4.08. The summed E-state index contributed by atoms with van der Waals surface area (Å²) in [7, 11) is 3.21. The summed E-state index contributed by atoms with van der Waals surface area (Å²) in [6, 6.07) is 11.5. The molecular weight excluding hydrogens is 408 g/mol. The van der Waals surface area contributed by atoms with Crippen molar-refractivity contribution in [2.45, 2.75) is 0 Å². The summed E-state index contributed by atoms with van der Waals surface area (Å²) in [6.45, 7) is 2.53. The number of nitrogens with zero attached hydrogens (tertiary/aromatic N) is 4. The Kier molecular flexibility index (Phi) is 5.14. The molecule has 2 aromatic heterocycles. The number of nitrogens with one attached hydrogen (secondary N) is 2. The molecule has 164 valence electrons. The predicted octanol–water partition coefficient (Wildman–Crippen LogP) is 3.48. The molecule has 9 heteroatoms. The Morgan fingerprint density at radius 2 is 1.78 bits per heavy atom. The largest absolute Gasteiger partial charge is 0.493 e. The standard InChI is InChI=1S/C23H24N6O3/c1-31-20-12-17-19(13-21(20)32-2)25-14-26-22(17)28-7-9-29(10-8-28)23(30)27-16-3-4-18-15(11-16)5-6-24-18/h3-6,11-14,24H,7-10H2,1-2H3,(H,27,30). The zero-order chi connectivity index (χ0) is 22.1. The van der Waals surface area contributed by atoms with E-state index in [9.17, 15) is 4.79 Å². The van der Waals surface area contributed by atoms with E-state index in [0.717, 1.165) is 33.3 Å². The number of ether oxygens (including phenoxy) is 2. The molecule has 1 fully saturated rings. The average molecular weight is 432 g/mol. The Hall–Kier alpha value is -4.01. The lowest BCUT2D eigenvalue weighted by molar-refractivity contribution is 0.208. The molecule has 4 aromatic rings. The number of urea groups is 1. The predicted molar refractivity (Wildman–Crippen MR) is 124 cm³/mol. The van der Waals surface area contributed by atoms with E-state index in [-0.39, 0.29) is 6.03 Å². The first-order valence-corrected chi connectivity index (χ1v) is 10.4. The van der Waals surface area contributed by atoms with Gasteiger partial charge >= 0.3 is 6.03 Å². The number of piperazine rings is 1. The monoisotopic (exact) mass is 432 g/mol. The van der Waals surface area contributed by atoms with Crippen LogP contribution in [-0.2, 0) is 0 Å². The third-order valence-corrected chi connectivity index (χ3v) is 5.79. The van der Waals surface area contributed by atoms with Crippen LogP contribution in [0.2, 0.25) is 0 Å². The maximum absolute atomic E-state index is 12.8. The molecule has 9 nitrogen and oxygen atoms in total. The summed E-state index contributed by atoms with van der Waals surface area (Å²) < 4.78 is 10.8. The number of H-pyrrole nitrogens is 1. The fraction of sp³-hybridized carbons (Fsp3) is 0.261. The molecule has 0 bridgehead atoms. The molecule has 0 saturated carbocycles. The summed E-state index contributed by atoms with van der Waals surface area (Å²) in [5, 5.41) is 4.96. The van der Waals surface area contributed by atoms with Crippen LogP contribution < -0.4 is 19.7 Å². The second-order valence-electron chi connectivity index (χ2n) is 7.61. The van der Waals surface area contributed by atoms with E-state index in [2.05, 4.69) is 25.2 Å². The normalized spacial score (nSPS) is 14.1. The number of aromatic amines is 1. The number of hydrogen-bond donors (Lipinski definition) is 2. The van der Waals surface area contributed by atoms with Crippen molar-refractivity contribution in [3.8, 4) is 11.5 Å². The number of amides is 2. The van der Waals surface area contributed by atoms with Gasteiger partial charge in [0.25, 0.3) is 0 Å². The number of fused-ring (bicyclic) bond motifs is 2. The highest BCUT2D eigenvalue weighted by atomic mass is 16.5. The minimum Gasteiger partial charge on any atom is -0.493 e. The van der Waals surface area contributed by atoms with E-state index in [1.807, 2.05) is 47.5 Å². The third-order valence-electron chi connectivity index (χ3n) is 5.79. The van der Waals surface area contributed by atoms with E-state index in [0.29, 0.717) is 37.7 Å². The van der Waals surface area contributed by atoms with Crippen LogP contribution in [0.4, 0.5) is 16.3 Å². The first kappa shape index (κ1) is 19.9. The summed E-state index contributed by atoms with van der Waals surface area (Å²) in [5.74, 6) is 2.09. The van der Waals surface area contributed by atoms with Gasteiger partial charge in [-0.15, -0.1) is 0 Å². The number of anilines is 2. The Labute approximate surface area is 185 Å². The van der Waals surface area contributed by atoms with Gasteiger partial charge in [0.1, 0.15) is 12.1 Å². The van der Waals surface area contributed by atoms with Gasteiger partial charge < -0.3 is 29.6 Å². The molecule has 0 atom stereocenters. The lowest BCUT2D eigenvalue weighted by atomic mass is 10.2. The van der Waals surface area contributed by atoms with Crippen LogP contribution in [0.1, 0.15) is 0 Å². The number of rotatable bonds is 4. The third kappa shape index (κ3) is 3.62. The van der Waals surface area contributed by atoms with Gasteiger partial charge in [-0.05, 0) is 30.3 Å². The molecule has 0 unspecified atom stereocenters. The van der Waals surface area contributed by atoms with Gasteiger partial charge in [-0.25, -0.2) is 14.8 Å². The molecule has 2 aromatic carbocycles. The van der Waals surface area contributed by atoms with Crippen LogP contribution in [0.15, 0.2) is 48.9 Å². The highest BCUT2D eigenvalue weighted by Crippen LogP contribution is 2.35. The van der Waals surface area contributed by atoms with Gasteiger partial charge in [-0.1, -0.05) is 0 Å². The van der Waals surface area contributed by atoms with Crippen molar-refractivity contribution in [1.29, 1.82) is 0 Å². The zero-order valence-electron chi connectivity index (χ0n) is 18.0. The number of carbonyl (C=O) groups excluding carboxylic acids is 1. The molecule has 3 heterocycles. The first-order valence-electron chi connectivity index (χ1n) is 10.4. The van der Waals surface area contributed by atoms with Crippen molar-refractivity contribution in [2.24, 2.45) is 0 Å². The molecule has 1 aliphatic rings. The molecule has 2 N–H and O–H groups in total. The minimum absolute atomic E-state index is 0.0986. The van der Waals surface area contributed by atoms with Gasteiger partial charge in [0.2, 0.25) is 0 Å². The van der Waals surface area contributed by atoms with Crippen LogP contribution in [0.3, 0.4) is 0 Å². The maximum atomic E-state index is 12.8. The zero-order valence-corrected chi connectivity index (χ0v) is 18.0. The van der Waals surface area contributed by atoms with Crippen LogP contribution in [0.5, 0.6) is 11.5 Å². The molecule has 32 heavy (non-hydrogen) atoms. The number of aromatic nitrogens is 3. The molecule has 0 spiro atoms. The molecular formula is C23H24N6O3. The lowest BCUT2D eigenvalue weighted by Gasteiger charge is -2.35. The maximum Gasteiger partial charge on any atom is 0.321 e. The molecule has 0 aliphatic carbocycles. The molecule has 0 radical (unpaired) electrons. The van der Waals surface area contributed by atoms with Crippen LogP contribution in [-0.4, -0.2) is 66.3 Å². The number of benzene rings is 2. The van der Waals surface area contributed by atoms with Gasteiger partial charge in [-0.3, -0.25) is 0 Å². The Bertz CT molecular complexity index is 1280. The van der Waals surface area contributed by atoms with E-state index in [1.165, 1.54) is 0 Å². The first-order chi connectivity index (χ1) is 15.7. The van der Waals surface area contributed by atoms with Gasteiger partial charge in [0.05, 0.1) is 19.7 Å². The fourth-order valence-corrected chi connectivity index (χ4v) is 4.08. The smallest absolute Gasteiger partial charge is 0.321 e. The Balaban J connectivity index is 1.30. The van der Waals surface area contributed by atoms with Crippen molar-refractivity contribution in [3.05, 3.63) is 48.9 Å². The van der Waals surface area contributed by atoms with Crippen LogP contribution in [0, 0.1) is 0 Å². The minimum atomic E-state index is -0.0986. The van der Waals surface area contributed by atoms with E-state index < -0.39 is 0 Å². The number of carbonyl (C=O) groups is 1. The Morgan fingerprint density at radius 1 is 1.00 bits per heavy atom. The van der Waals surface area contributed by atoms with E-state index >= 15 is 0 Å². The van der Waals surface area contributed by atoms with Crippen molar-refractivity contribution in [2.75, 3.05) is 50.6 Å². The summed E-state index contributed by atoms with van der Waals surface area (Å²) in [6.07, 6.45) is 3.44. The molecule has 5 rings (SSSR count). The van der Waals surface area contributed by atoms with E-state index in [1.54, 1.807) is 20.5 Å². The second kappa shape index (κ2) is 8.26. The van der Waals surface area contributed by atoms with Gasteiger partial charge in [0.15, 0.2) is 11.5 Å². The van der Waals surface area contributed by atoms with Crippen molar-refractivity contribution in [3.63, 3.8) is 0 Å². The highest BCUT2D eigenvalue weighted by molar-refractivity contribution is 5.94. The highest BCUT2D eigenvalue weighted by Gasteiger charge is 2.24. The second-order valence-corrected chi connectivity index (χ2v) is 7.61. The molecule has 1 saturated heterocycles. The molecule has 1 aliphatic heterocycles. The Morgan fingerprint density at radius 3 is 2.56 bits per heavy atom. The lowest BCUT2D eigenvalue weighted by Crippen LogP contribution is -2.50. The van der Waals surface area contributed by atoms with Crippen molar-refractivity contribution >= 4 is 39.3 Å². The quantitative estimate of drug-likeness (QED) is 0.513. The van der Waals surface area contributed by atoms with Crippen molar-refractivity contribution in [1.82, 2.24) is 19.9 Å². The van der Waals surface area contributed by atoms with Gasteiger partial charge in [0, 0.05) is 60.4 Å². The topological polar surface area (TPSA) is 95.6 Å². The SMILES string of the molecule is COc1cc2ncnc(N3CCN(C(=O)Nc4ccc5[nH]ccc5c4)CC3)c2cc1OC. The summed E-state index contributed by atoms with van der Waals surface area (Å²) in [4.78, 5) is 28.8. The number of methoxy groups -OCH3 is 2. The number of hydrogen-bond acceptors (Lipinski definition) is 6. The summed E-state index contributed by atoms with van der Waals surface area (Å²) in [5.41, 5.74) is 2.61. The van der Waals surface area contributed by atoms with Gasteiger partial charge in [-0.2, -0.15) is 0 Å². The molecule has 2 amide bonds. The van der Waals surface area contributed by atoms with E-state index in [4.69, 9.17) is 9.47 Å². The summed E-state index contributed by atoms with van der Waals surface area (Å²) >= 11 is 0. The average Bonchev–Trinajstić information content (AvgIpc) is 3.30.